The van der Waals surface area contributed by atoms with Crippen molar-refractivity contribution in [2.24, 2.45) is 0 Å². The van der Waals surface area contributed by atoms with Crippen LogP contribution in [0.4, 0.5) is 0 Å². The van der Waals surface area contributed by atoms with E-state index in [1.54, 1.807) is 25.1 Å². The molecule has 5 nitrogen and oxygen atoms in total. The maximum atomic E-state index is 11.7. The summed E-state index contributed by atoms with van der Waals surface area (Å²) in [5.74, 6) is 1.59. The molecule has 1 N–H and O–H groups in total. The molecule has 0 bridgehead atoms. The molecule has 0 saturated carbocycles. The van der Waals surface area contributed by atoms with E-state index in [4.69, 9.17) is 32.4 Å². The van der Waals surface area contributed by atoms with E-state index in [1.807, 2.05) is 6.92 Å². The van der Waals surface area contributed by atoms with Crippen LogP contribution in [-0.2, 0) is 11.2 Å². The number of aromatic nitrogens is 1. The van der Waals surface area contributed by atoms with Crippen LogP contribution < -0.4 is 10.1 Å². The van der Waals surface area contributed by atoms with E-state index in [-0.39, 0.29) is 12.5 Å². The molecular weight excluding hydrogens is 327 g/mol. The number of hydrogen-bond donors (Lipinski definition) is 1. The van der Waals surface area contributed by atoms with E-state index in [0.29, 0.717) is 34.7 Å². The van der Waals surface area contributed by atoms with Gasteiger partial charge in [-0.25, -0.2) is 4.98 Å². The van der Waals surface area contributed by atoms with Crippen LogP contribution in [0.15, 0.2) is 22.6 Å². The molecule has 2 aromatic rings. The number of halogens is 2. The lowest BCUT2D eigenvalue weighted by molar-refractivity contribution is -0.123. The van der Waals surface area contributed by atoms with Crippen LogP contribution in [0.3, 0.4) is 0 Å². The zero-order valence-electron chi connectivity index (χ0n) is 12.3. The highest BCUT2D eigenvalue weighted by molar-refractivity contribution is 6.35. The average molecular weight is 343 g/mol. The van der Waals surface area contributed by atoms with Gasteiger partial charge in [0.1, 0.15) is 11.5 Å². The first-order chi connectivity index (χ1) is 10.5. The fourth-order valence-corrected chi connectivity index (χ4v) is 2.37. The molecule has 0 fully saturated rings. The first kappa shape index (κ1) is 16.6. The first-order valence-corrected chi connectivity index (χ1v) is 7.48. The Labute approximate surface area is 138 Å². The molecule has 1 heterocycles. The van der Waals surface area contributed by atoms with Gasteiger partial charge in [-0.15, -0.1) is 0 Å². The van der Waals surface area contributed by atoms with Crippen LogP contribution in [0.1, 0.15) is 17.3 Å². The SMILES string of the molecule is Cc1nc(C)c(CCNC(=O)COc2ccc(Cl)cc2Cl)o1. The highest BCUT2D eigenvalue weighted by Gasteiger charge is 2.09. The maximum Gasteiger partial charge on any atom is 0.257 e. The Bertz CT molecular complexity index is 671. The molecule has 0 unspecified atom stereocenters. The zero-order valence-corrected chi connectivity index (χ0v) is 13.8. The summed E-state index contributed by atoms with van der Waals surface area (Å²) in [5, 5.41) is 3.63. The quantitative estimate of drug-likeness (QED) is 0.874. The Hall–Kier alpha value is -1.72. The lowest BCUT2D eigenvalue weighted by Gasteiger charge is -2.08. The zero-order chi connectivity index (χ0) is 16.1. The monoisotopic (exact) mass is 342 g/mol. The van der Waals surface area contributed by atoms with Gasteiger partial charge in [-0.1, -0.05) is 23.2 Å². The molecular formula is C15H16Cl2N2O3. The first-order valence-electron chi connectivity index (χ1n) is 6.73. The predicted octanol–water partition coefficient (Wildman–Crippen LogP) is 3.34. The molecule has 7 heteroatoms. The summed E-state index contributed by atoms with van der Waals surface area (Å²) in [6, 6.07) is 4.83. The Morgan fingerprint density at radius 3 is 2.77 bits per heavy atom. The van der Waals surface area contributed by atoms with Gasteiger partial charge in [0.2, 0.25) is 0 Å². The van der Waals surface area contributed by atoms with Gasteiger partial charge >= 0.3 is 0 Å². The molecule has 0 aliphatic carbocycles. The molecule has 1 aromatic carbocycles. The van der Waals surface area contributed by atoms with Gasteiger partial charge in [-0.05, 0) is 25.1 Å². The van der Waals surface area contributed by atoms with Crippen LogP contribution in [0.5, 0.6) is 5.75 Å². The normalized spacial score (nSPS) is 10.5. The van der Waals surface area contributed by atoms with E-state index < -0.39 is 0 Å². The molecule has 118 valence electrons. The fourth-order valence-electron chi connectivity index (χ4n) is 1.91. The van der Waals surface area contributed by atoms with E-state index in [0.717, 1.165) is 11.5 Å². The van der Waals surface area contributed by atoms with E-state index in [2.05, 4.69) is 10.3 Å². The van der Waals surface area contributed by atoms with Crippen molar-refractivity contribution < 1.29 is 13.9 Å². The van der Waals surface area contributed by atoms with Crippen LogP contribution in [0.25, 0.3) is 0 Å². The van der Waals surface area contributed by atoms with Gasteiger partial charge in [-0.3, -0.25) is 4.79 Å². The van der Waals surface area contributed by atoms with Crippen LogP contribution >= 0.6 is 23.2 Å². The number of aryl methyl sites for hydroxylation is 2. The standard InChI is InChI=1S/C15H16Cl2N2O3/c1-9-13(22-10(2)19-9)5-6-18-15(20)8-21-14-4-3-11(16)7-12(14)17/h3-4,7H,5-6,8H2,1-2H3,(H,18,20). The van der Waals surface area contributed by atoms with Crippen molar-refractivity contribution in [3.05, 3.63) is 45.6 Å². The Balaban J connectivity index is 1.75. The smallest absolute Gasteiger partial charge is 0.257 e. The van der Waals surface area contributed by atoms with Gasteiger partial charge in [-0.2, -0.15) is 0 Å². The summed E-state index contributed by atoms with van der Waals surface area (Å²) in [4.78, 5) is 15.9. The molecule has 2 rings (SSSR count). The number of oxazole rings is 1. The van der Waals surface area contributed by atoms with Gasteiger partial charge in [0, 0.05) is 24.9 Å². The number of ether oxygens (including phenoxy) is 1. The minimum atomic E-state index is -0.236. The molecule has 0 radical (unpaired) electrons. The van der Waals surface area contributed by atoms with Crippen LogP contribution in [0.2, 0.25) is 10.0 Å². The van der Waals surface area contributed by atoms with Crippen molar-refractivity contribution in [1.82, 2.24) is 10.3 Å². The molecule has 0 spiro atoms. The number of nitrogens with zero attached hydrogens (tertiary/aromatic N) is 1. The largest absolute Gasteiger partial charge is 0.482 e. The molecule has 0 aliphatic heterocycles. The van der Waals surface area contributed by atoms with Crippen LogP contribution in [0, 0.1) is 13.8 Å². The fraction of sp³-hybridized carbons (Fsp3) is 0.333. The lowest BCUT2D eigenvalue weighted by atomic mass is 10.3. The summed E-state index contributed by atoms with van der Waals surface area (Å²) in [6.07, 6.45) is 0.583. The molecule has 1 aromatic heterocycles. The van der Waals surface area contributed by atoms with Crippen molar-refractivity contribution in [3.8, 4) is 5.75 Å². The highest BCUT2D eigenvalue weighted by atomic mass is 35.5. The van der Waals surface area contributed by atoms with Crippen molar-refractivity contribution in [2.75, 3.05) is 13.2 Å². The third-order valence-electron chi connectivity index (χ3n) is 2.93. The van der Waals surface area contributed by atoms with E-state index in [1.165, 1.54) is 0 Å². The topological polar surface area (TPSA) is 64.4 Å². The second kappa shape index (κ2) is 7.51. The minimum Gasteiger partial charge on any atom is -0.482 e. The number of hydrogen-bond acceptors (Lipinski definition) is 4. The van der Waals surface area contributed by atoms with E-state index >= 15 is 0 Å². The number of nitrogens with one attached hydrogen (secondary N) is 1. The number of carbonyl (C=O) groups excluding carboxylic acids is 1. The maximum absolute atomic E-state index is 11.7. The van der Waals surface area contributed by atoms with Gasteiger partial charge in [0.05, 0.1) is 10.7 Å². The number of benzene rings is 1. The van der Waals surface area contributed by atoms with Crippen LogP contribution in [-0.4, -0.2) is 24.0 Å². The molecule has 0 aliphatic rings. The highest BCUT2D eigenvalue weighted by Crippen LogP contribution is 2.27. The Morgan fingerprint density at radius 1 is 1.36 bits per heavy atom. The summed E-state index contributed by atoms with van der Waals surface area (Å²) in [7, 11) is 0. The second-order valence-electron chi connectivity index (χ2n) is 4.70. The van der Waals surface area contributed by atoms with Crippen molar-refractivity contribution in [1.29, 1.82) is 0 Å². The van der Waals surface area contributed by atoms with Gasteiger partial charge < -0.3 is 14.5 Å². The number of amides is 1. The third kappa shape index (κ3) is 4.64. The van der Waals surface area contributed by atoms with Crippen molar-refractivity contribution >= 4 is 29.1 Å². The molecule has 0 saturated heterocycles. The lowest BCUT2D eigenvalue weighted by Crippen LogP contribution is -2.30. The minimum absolute atomic E-state index is 0.115. The molecule has 22 heavy (non-hydrogen) atoms. The summed E-state index contributed by atoms with van der Waals surface area (Å²) in [6.45, 7) is 4.00. The second-order valence-corrected chi connectivity index (χ2v) is 5.55. The summed E-state index contributed by atoms with van der Waals surface area (Å²) >= 11 is 11.7. The number of carbonyl (C=O) groups is 1. The average Bonchev–Trinajstić information content (AvgIpc) is 2.76. The third-order valence-corrected chi connectivity index (χ3v) is 3.46. The van der Waals surface area contributed by atoms with Gasteiger partial charge in [0.15, 0.2) is 12.5 Å². The predicted molar refractivity (Wildman–Crippen MR) is 84.6 cm³/mol. The summed E-state index contributed by atoms with van der Waals surface area (Å²) in [5.41, 5.74) is 0.843. The summed E-state index contributed by atoms with van der Waals surface area (Å²) < 4.78 is 10.8. The Morgan fingerprint density at radius 2 is 2.14 bits per heavy atom. The van der Waals surface area contributed by atoms with Crippen molar-refractivity contribution in [2.45, 2.75) is 20.3 Å². The molecule has 0 atom stereocenters. The molecule has 1 amide bonds. The van der Waals surface area contributed by atoms with Gasteiger partial charge in [0.25, 0.3) is 5.91 Å². The Kier molecular flexibility index (Phi) is 5.69. The van der Waals surface area contributed by atoms with Crippen molar-refractivity contribution in [3.63, 3.8) is 0 Å². The van der Waals surface area contributed by atoms with E-state index in [9.17, 15) is 4.79 Å². The number of rotatable bonds is 6.